The number of hydrogen-bond donors (Lipinski definition) is 1. The third-order valence-electron chi connectivity index (χ3n) is 2.83. The topological polar surface area (TPSA) is 56.3 Å². The third kappa shape index (κ3) is 3.02. The van der Waals surface area contributed by atoms with Gasteiger partial charge in [0.1, 0.15) is 11.5 Å². The second-order valence-corrected chi connectivity index (χ2v) is 4.49. The highest BCUT2D eigenvalue weighted by atomic mass is 32.1. The molecule has 0 spiro atoms. The van der Waals surface area contributed by atoms with Crippen molar-refractivity contribution >= 4 is 11.7 Å². The highest BCUT2D eigenvalue weighted by Crippen LogP contribution is 2.32. The molecule has 1 aromatic carbocycles. The van der Waals surface area contributed by atoms with Crippen LogP contribution in [0.3, 0.4) is 0 Å². The maximum absolute atomic E-state index is 5.45. The van der Waals surface area contributed by atoms with E-state index in [1.807, 2.05) is 18.2 Å². The molecule has 1 heterocycles. The van der Waals surface area contributed by atoms with Gasteiger partial charge in [-0.3, -0.25) is 0 Å². The van der Waals surface area contributed by atoms with E-state index in [-0.39, 0.29) is 6.04 Å². The van der Waals surface area contributed by atoms with Crippen LogP contribution in [0.5, 0.6) is 11.5 Å². The van der Waals surface area contributed by atoms with Gasteiger partial charge in [-0.2, -0.15) is 8.75 Å². The minimum absolute atomic E-state index is 0.0235. The third-order valence-corrected chi connectivity index (χ3v) is 3.33. The highest BCUT2D eigenvalue weighted by molar-refractivity contribution is 6.99. The van der Waals surface area contributed by atoms with Gasteiger partial charge >= 0.3 is 0 Å². The molecule has 1 atom stereocenters. The monoisotopic (exact) mass is 279 g/mol. The van der Waals surface area contributed by atoms with Gasteiger partial charge in [-0.1, -0.05) is 6.92 Å². The fraction of sp³-hybridized carbons (Fsp3) is 0.385. The molecule has 0 aliphatic heterocycles. The first-order valence-corrected chi connectivity index (χ1v) is 6.76. The van der Waals surface area contributed by atoms with Gasteiger partial charge in [0.2, 0.25) is 0 Å². The molecule has 2 aromatic rings. The molecule has 0 bridgehead atoms. The first-order chi connectivity index (χ1) is 9.30. The van der Waals surface area contributed by atoms with E-state index in [1.165, 1.54) is 11.7 Å². The summed E-state index contributed by atoms with van der Waals surface area (Å²) in [5, 5.41) is 3.40. The quantitative estimate of drug-likeness (QED) is 0.879. The molecule has 1 aromatic heterocycles. The van der Waals surface area contributed by atoms with Crippen LogP contribution < -0.4 is 14.8 Å². The maximum Gasteiger partial charge on any atom is 0.127 e. The molecule has 1 N–H and O–H groups in total. The first kappa shape index (κ1) is 13.8. The summed E-state index contributed by atoms with van der Waals surface area (Å²) in [7, 11) is 3.29. The fourth-order valence-electron chi connectivity index (χ4n) is 1.93. The molecule has 0 amide bonds. The number of benzene rings is 1. The Morgan fingerprint density at radius 3 is 2.74 bits per heavy atom. The highest BCUT2D eigenvalue weighted by Gasteiger charge is 2.20. The zero-order valence-corrected chi connectivity index (χ0v) is 12.0. The van der Waals surface area contributed by atoms with Gasteiger partial charge < -0.3 is 14.8 Å². The Bertz CT molecular complexity index is 517. The SMILES string of the molecule is CCNC(c1cnsn1)c1ccc(OC)cc1OC. The summed E-state index contributed by atoms with van der Waals surface area (Å²) >= 11 is 1.20. The lowest BCUT2D eigenvalue weighted by molar-refractivity contribution is 0.387. The normalized spacial score (nSPS) is 12.2. The van der Waals surface area contributed by atoms with Crippen molar-refractivity contribution in [3.8, 4) is 11.5 Å². The number of hydrogen-bond acceptors (Lipinski definition) is 6. The standard InChI is InChI=1S/C13H17N3O2S/c1-4-14-13(11-8-15-19-16-11)10-6-5-9(17-2)7-12(10)18-3/h5-8,13-14H,4H2,1-3H3. The maximum atomic E-state index is 5.45. The van der Waals surface area contributed by atoms with E-state index in [0.29, 0.717) is 0 Å². The summed E-state index contributed by atoms with van der Waals surface area (Å²) in [6, 6.07) is 5.76. The van der Waals surface area contributed by atoms with Gasteiger partial charge in [-0.05, 0) is 18.7 Å². The number of aromatic nitrogens is 2. The van der Waals surface area contributed by atoms with Crippen LogP contribution in [0.4, 0.5) is 0 Å². The van der Waals surface area contributed by atoms with Crippen molar-refractivity contribution in [1.29, 1.82) is 0 Å². The van der Waals surface area contributed by atoms with E-state index >= 15 is 0 Å². The zero-order valence-electron chi connectivity index (χ0n) is 11.2. The van der Waals surface area contributed by atoms with Crippen molar-refractivity contribution in [2.24, 2.45) is 0 Å². The Balaban J connectivity index is 2.41. The van der Waals surface area contributed by atoms with Gasteiger partial charge in [0.25, 0.3) is 0 Å². The van der Waals surface area contributed by atoms with E-state index in [1.54, 1.807) is 20.4 Å². The zero-order chi connectivity index (χ0) is 13.7. The van der Waals surface area contributed by atoms with Crippen LogP contribution >= 0.6 is 11.7 Å². The molecule has 0 saturated carbocycles. The lowest BCUT2D eigenvalue weighted by atomic mass is 10.0. The lowest BCUT2D eigenvalue weighted by Crippen LogP contribution is -2.22. The van der Waals surface area contributed by atoms with Crippen molar-refractivity contribution in [2.45, 2.75) is 13.0 Å². The van der Waals surface area contributed by atoms with E-state index < -0.39 is 0 Å². The molecule has 0 aliphatic rings. The molecule has 0 aliphatic carbocycles. The molecule has 1 unspecified atom stereocenters. The van der Waals surface area contributed by atoms with Crippen molar-refractivity contribution < 1.29 is 9.47 Å². The van der Waals surface area contributed by atoms with Crippen LogP contribution in [-0.4, -0.2) is 29.5 Å². The largest absolute Gasteiger partial charge is 0.497 e. The van der Waals surface area contributed by atoms with Crippen LogP contribution in [0, 0.1) is 0 Å². The minimum Gasteiger partial charge on any atom is -0.497 e. The number of nitrogens with one attached hydrogen (secondary N) is 1. The summed E-state index contributed by atoms with van der Waals surface area (Å²) < 4.78 is 19.0. The van der Waals surface area contributed by atoms with Gasteiger partial charge in [-0.15, -0.1) is 0 Å². The minimum atomic E-state index is -0.0235. The van der Waals surface area contributed by atoms with E-state index in [9.17, 15) is 0 Å². The van der Waals surface area contributed by atoms with Gasteiger partial charge in [0.15, 0.2) is 0 Å². The molecule has 0 radical (unpaired) electrons. The number of ether oxygens (including phenoxy) is 2. The number of methoxy groups -OCH3 is 2. The van der Waals surface area contributed by atoms with Crippen LogP contribution in [0.25, 0.3) is 0 Å². The molecular formula is C13H17N3O2S. The summed E-state index contributed by atoms with van der Waals surface area (Å²) in [6.07, 6.45) is 1.78. The summed E-state index contributed by atoms with van der Waals surface area (Å²) in [6.45, 7) is 2.89. The molecule has 102 valence electrons. The van der Waals surface area contributed by atoms with Crippen LogP contribution in [0.1, 0.15) is 24.2 Å². The number of nitrogens with zero attached hydrogens (tertiary/aromatic N) is 2. The Morgan fingerprint density at radius 2 is 2.16 bits per heavy atom. The molecule has 19 heavy (non-hydrogen) atoms. The van der Waals surface area contributed by atoms with Gasteiger partial charge in [0, 0.05) is 11.6 Å². The van der Waals surface area contributed by atoms with E-state index in [4.69, 9.17) is 9.47 Å². The Morgan fingerprint density at radius 1 is 1.32 bits per heavy atom. The Labute approximate surface area is 116 Å². The van der Waals surface area contributed by atoms with Crippen molar-refractivity contribution in [2.75, 3.05) is 20.8 Å². The number of rotatable bonds is 6. The van der Waals surface area contributed by atoms with Crippen molar-refractivity contribution in [1.82, 2.24) is 14.1 Å². The van der Waals surface area contributed by atoms with Crippen LogP contribution in [0.2, 0.25) is 0 Å². The molecular weight excluding hydrogens is 262 g/mol. The second kappa shape index (κ2) is 6.49. The average Bonchev–Trinajstić information content (AvgIpc) is 2.98. The van der Waals surface area contributed by atoms with Crippen LogP contribution in [0.15, 0.2) is 24.4 Å². The molecule has 2 rings (SSSR count). The molecule has 0 saturated heterocycles. The Kier molecular flexibility index (Phi) is 4.70. The fourth-order valence-corrected chi connectivity index (χ4v) is 2.38. The summed E-state index contributed by atoms with van der Waals surface area (Å²) in [5.41, 5.74) is 1.92. The van der Waals surface area contributed by atoms with Crippen molar-refractivity contribution in [3.63, 3.8) is 0 Å². The predicted molar refractivity (Wildman–Crippen MR) is 75.0 cm³/mol. The molecule has 5 nitrogen and oxygen atoms in total. The summed E-state index contributed by atoms with van der Waals surface area (Å²) in [4.78, 5) is 0. The summed E-state index contributed by atoms with van der Waals surface area (Å²) in [5.74, 6) is 1.55. The van der Waals surface area contributed by atoms with Gasteiger partial charge in [-0.25, -0.2) is 0 Å². The van der Waals surface area contributed by atoms with E-state index in [2.05, 4.69) is 21.0 Å². The first-order valence-electron chi connectivity index (χ1n) is 6.03. The van der Waals surface area contributed by atoms with Gasteiger partial charge in [0.05, 0.1) is 43.9 Å². The van der Waals surface area contributed by atoms with Crippen LogP contribution in [-0.2, 0) is 0 Å². The van der Waals surface area contributed by atoms with E-state index in [0.717, 1.165) is 29.3 Å². The second-order valence-electron chi connectivity index (χ2n) is 3.93. The van der Waals surface area contributed by atoms with Crippen molar-refractivity contribution in [3.05, 3.63) is 35.7 Å². The molecule has 0 fully saturated rings. The average molecular weight is 279 g/mol. The Hall–Kier alpha value is -1.66. The smallest absolute Gasteiger partial charge is 0.127 e. The molecule has 6 heteroatoms. The lowest BCUT2D eigenvalue weighted by Gasteiger charge is -2.19. The predicted octanol–water partition coefficient (Wildman–Crippen LogP) is 2.25.